The number of rotatable bonds is 10. The van der Waals surface area contributed by atoms with Gasteiger partial charge in [-0.1, -0.05) is 116 Å². The maximum absolute atomic E-state index is 12.2. The zero-order chi connectivity index (χ0) is 34.7. The largest absolute Gasteiger partial charge is 0.512 e. The zero-order valence-electron chi connectivity index (χ0n) is 30.7. The van der Waals surface area contributed by atoms with E-state index < -0.39 is 8.07 Å². The first kappa shape index (κ1) is 39.7. The van der Waals surface area contributed by atoms with Crippen LogP contribution in [0, 0.1) is 16.9 Å². The molecule has 5 aromatic rings. The third kappa shape index (κ3) is 8.18. The first-order valence-corrected chi connectivity index (χ1v) is 21.5. The summed E-state index contributed by atoms with van der Waals surface area (Å²) in [5.74, 6) is 0.798. The molecule has 2 heterocycles. The van der Waals surface area contributed by atoms with Crippen molar-refractivity contribution < 1.29 is 30.0 Å². The number of carbonyl (C=O) groups is 1. The fourth-order valence-corrected chi connectivity index (χ4v) is 8.62. The molecule has 0 spiro atoms. The van der Waals surface area contributed by atoms with Gasteiger partial charge in [-0.3, -0.25) is 9.78 Å². The van der Waals surface area contributed by atoms with Gasteiger partial charge >= 0.3 is 0 Å². The Morgan fingerprint density at radius 1 is 0.917 bits per heavy atom. The second-order valence-electron chi connectivity index (χ2n) is 14.7. The van der Waals surface area contributed by atoms with Crippen molar-refractivity contribution in [2.45, 2.75) is 107 Å². The van der Waals surface area contributed by atoms with Gasteiger partial charge in [0.15, 0.2) is 5.78 Å². The quantitative estimate of drug-likeness (QED) is 0.0658. The molecular formula is C41H53IrN2O2SSi-. The number of fused-ring (bicyclic) bond motifs is 4. The molecule has 0 unspecified atom stereocenters. The van der Waals surface area contributed by atoms with E-state index in [-0.39, 0.29) is 42.5 Å². The van der Waals surface area contributed by atoms with Gasteiger partial charge in [-0.2, -0.15) is 0 Å². The van der Waals surface area contributed by atoms with E-state index in [9.17, 15) is 9.90 Å². The molecule has 3 aromatic carbocycles. The summed E-state index contributed by atoms with van der Waals surface area (Å²) in [5, 5.41) is 15.3. The van der Waals surface area contributed by atoms with Crippen LogP contribution in [0.3, 0.4) is 0 Å². The van der Waals surface area contributed by atoms with Crippen molar-refractivity contribution in [2.24, 2.45) is 10.8 Å². The summed E-state index contributed by atoms with van der Waals surface area (Å²) in [4.78, 5) is 21.6. The Morgan fingerprint density at radius 2 is 1.54 bits per heavy atom. The maximum atomic E-state index is 12.2. The normalized spacial score (nSPS) is 12.7. The Morgan fingerprint density at radius 3 is 2.12 bits per heavy atom. The minimum atomic E-state index is -1.54. The molecule has 5 rings (SSSR count). The third-order valence-electron chi connectivity index (χ3n) is 10.4. The van der Waals surface area contributed by atoms with Crippen LogP contribution in [0.25, 0.3) is 42.3 Å². The summed E-state index contributed by atoms with van der Waals surface area (Å²) < 4.78 is 2.44. The van der Waals surface area contributed by atoms with Crippen LogP contribution in [0.5, 0.6) is 0 Å². The van der Waals surface area contributed by atoms with Crippen molar-refractivity contribution in [3.05, 3.63) is 78.3 Å². The van der Waals surface area contributed by atoms with E-state index in [2.05, 4.69) is 93.1 Å². The van der Waals surface area contributed by atoms with E-state index in [4.69, 9.17) is 4.98 Å². The Kier molecular flexibility index (Phi) is 13.2. The molecule has 0 amide bonds. The van der Waals surface area contributed by atoms with E-state index in [1.54, 1.807) is 17.7 Å². The number of aromatic nitrogens is 2. The Bertz CT molecular complexity index is 1910. The predicted octanol–water partition coefficient (Wildman–Crippen LogP) is 11.8. The van der Waals surface area contributed by atoms with Gasteiger partial charge in [0.05, 0.1) is 13.6 Å². The molecule has 48 heavy (non-hydrogen) atoms. The number of aliphatic hydroxyl groups is 1. The summed E-state index contributed by atoms with van der Waals surface area (Å²) in [6, 6.07) is 21.4. The average Bonchev–Trinajstić information content (AvgIpc) is 3.44. The fourth-order valence-electron chi connectivity index (χ4n) is 5.80. The van der Waals surface area contributed by atoms with Gasteiger partial charge in [0.25, 0.3) is 0 Å². The van der Waals surface area contributed by atoms with Gasteiger partial charge < -0.3 is 5.11 Å². The number of allylic oxidation sites excluding steroid dienone is 2. The minimum Gasteiger partial charge on any atom is -0.512 e. The number of ketones is 1. The van der Waals surface area contributed by atoms with E-state index in [0.717, 1.165) is 47.2 Å². The first-order chi connectivity index (χ1) is 22.1. The van der Waals surface area contributed by atoms with Gasteiger partial charge in [-0.05, 0) is 43.2 Å². The number of hydrogen-bond acceptors (Lipinski definition) is 5. The number of aliphatic hydroxyl groups excluding tert-OH is 1. The molecule has 0 aliphatic heterocycles. The first-order valence-electron chi connectivity index (χ1n) is 17.2. The molecule has 1 radical (unpaired) electrons. The molecule has 259 valence electrons. The third-order valence-corrected chi connectivity index (χ3v) is 13.6. The zero-order valence-corrected chi connectivity index (χ0v) is 34.9. The van der Waals surface area contributed by atoms with Crippen LogP contribution in [-0.4, -0.2) is 28.9 Å². The van der Waals surface area contributed by atoms with Crippen molar-refractivity contribution in [3.8, 4) is 11.3 Å². The molecule has 0 bridgehead atoms. The van der Waals surface area contributed by atoms with E-state index in [1.807, 2.05) is 41.5 Å². The van der Waals surface area contributed by atoms with Crippen molar-refractivity contribution in [3.63, 3.8) is 0 Å². The molecule has 4 nitrogen and oxygen atoms in total. The number of hydrogen-bond donors (Lipinski definition) is 1. The van der Waals surface area contributed by atoms with Crippen molar-refractivity contribution in [2.75, 3.05) is 0 Å². The number of nitrogens with zero attached hydrogens (tertiary/aromatic N) is 2. The topological polar surface area (TPSA) is 63.1 Å². The molecule has 1 N–H and O–H groups in total. The van der Waals surface area contributed by atoms with Gasteiger partial charge in [-0.15, -0.1) is 40.1 Å². The van der Waals surface area contributed by atoms with E-state index in [0.29, 0.717) is 5.92 Å². The smallest absolute Gasteiger partial charge is 0.164 e. The summed E-state index contributed by atoms with van der Waals surface area (Å²) in [5.41, 5.74) is 3.88. The predicted molar refractivity (Wildman–Crippen MR) is 207 cm³/mol. The molecular weight excluding hydrogens is 805 g/mol. The number of carbonyl (C=O) groups excluding carboxylic acids is 1. The molecule has 0 saturated heterocycles. The van der Waals surface area contributed by atoms with Gasteiger partial charge in [0.2, 0.25) is 0 Å². The van der Waals surface area contributed by atoms with Crippen LogP contribution < -0.4 is 5.19 Å². The second kappa shape index (κ2) is 15.9. The van der Waals surface area contributed by atoms with Gasteiger partial charge in [-0.25, -0.2) is 4.98 Å². The van der Waals surface area contributed by atoms with E-state index >= 15 is 0 Å². The van der Waals surface area contributed by atoms with Crippen LogP contribution in [0.15, 0.2) is 66.7 Å². The van der Waals surface area contributed by atoms with Crippen LogP contribution in [0.1, 0.15) is 92.6 Å². The SMILES string of the molecule is CC(C)c1ccc2c(c1)sc1c(-c3[c-]c4ccccc4c([Si](C)(C)C)c3)ncnc12.CCC(C)(CC)C(=O)/C=C(\O)C(C)(CC)CC.[Ir]. The standard InChI is InChI=1S/C26H25N2SSi.C15H28O2.Ir/c1-16(2)17-10-11-21-22(13-17)29-26-24(27-15-28-25(21)26)19-12-18-8-6-7-9-20(18)23(14-19)30(3,4)5;1-7-14(5,8-2)12(16)11-13(17)15(6,9-3)10-4;/h6-11,13-16H,1-5H3;11,16H,7-10H2,1-6H3;/q-1;;/b;12-11-;. The minimum absolute atomic E-state index is 0. The second-order valence-corrected chi connectivity index (χ2v) is 20.8. The van der Waals surface area contributed by atoms with Crippen molar-refractivity contribution in [1.82, 2.24) is 9.97 Å². The summed E-state index contributed by atoms with van der Waals surface area (Å²) in [7, 11) is -1.54. The monoisotopic (exact) mass is 858 g/mol. The summed E-state index contributed by atoms with van der Waals surface area (Å²) in [6.45, 7) is 23.8. The molecule has 0 aliphatic rings. The van der Waals surface area contributed by atoms with Crippen LogP contribution in [0.2, 0.25) is 19.6 Å². The molecule has 7 heteroatoms. The van der Waals surface area contributed by atoms with Gasteiger partial charge in [0.1, 0.15) is 12.1 Å². The molecule has 2 aromatic heterocycles. The van der Waals surface area contributed by atoms with Crippen LogP contribution in [0.4, 0.5) is 0 Å². The van der Waals surface area contributed by atoms with Gasteiger partial charge in [0, 0.05) is 57.5 Å². The number of thiophene rings is 1. The summed E-state index contributed by atoms with van der Waals surface area (Å²) >= 11 is 1.80. The molecule has 0 atom stereocenters. The summed E-state index contributed by atoms with van der Waals surface area (Å²) in [6.07, 6.45) is 6.46. The van der Waals surface area contributed by atoms with Crippen LogP contribution in [-0.2, 0) is 24.9 Å². The average molecular weight is 858 g/mol. The molecule has 0 saturated carbocycles. The van der Waals surface area contributed by atoms with Crippen molar-refractivity contribution >= 4 is 61.5 Å². The Balaban J connectivity index is 0.000000301. The number of benzene rings is 3. The molecule has 0 fully saturated rings. The Labute approximate surface area is 306 Å². The maximum Gasteiger partial charge on any atom is 0.164 e. The Hall–Kier alpha value is -2.70. The van der Waals surface area contributed by atoms with Crippen LogP contribution >= 0.6 is 11.3 Å². The molecule has 0 aliphatic carbocycles. The van der Waals surface area contributed by atoms with E-state index in [1.165, 1.54) is 37.7 Å². The fraction of sp³-hybridized carbons (Fsp3) is 0.439. The van der Waals surface area contributed by atoms with Crippen molar-refractivity contribution in [1.29, 1.82) is 0 Å².